The number of nitrogens with one attached hydrogen (secondary N) is 1. The lowest BCUT2D eigenvalue weighted by molar-refractivity contribution is 0.392. The maximum Gasteiger partial charge on any atom is 0.265 e. The van der Waals surface area contributed by atoms with Crippen molar-refractivity contribution in [2.24, 2.45) is 0 Å². The predicted octanol–water partition coefficient (Wildman–Crippen LogP) is 3.16. The largest absolute Gasteiger partial charge is 0.497 e. The Morgan fingerprint density at radius 2 is 1.88 bits per heavy atom. The molecule has 0 bridgehead atoms. The van der Waals surface area contributed by atoms with E-state index in [4.69, 9.17) is 13.9 Å². The van der Waals surface area contributed by atoms with Crippen LogP contribution in [0.3, 0.4) is 0 Å². The molecule has 2 aromatic heterocycles. The van der Waals surface area contributed by atoms with E-state index in [2.05, 4.69) is 9.71 Å². The first-order valence-corrected chi connectivity index (χ1v) is 8.74. The third-order valence-electron chi connectivity index (χ3n) is 3.51. The van der Waals surface area contributed by atoms with Crippen molar-refractivity contribution >= 4 is 15.7 Å². The van der Waals surface area contributed by atoms with Crippen LogP contribution in [0.15, 0.2) is 64.6 Å². The number of hydrogen-bond acceptors (Lipinski definition) is 6. The molecule has 0 unspecified atom stereocenters. The Morgan fingerprint density at radius 1 is 1.04 bits per heavy atom. The van der Waals surface area contributed by atoms with Gasteiger partial charge in [-0.15, -0.1) is 0 Å². The molecule has 0 fully saturated rings. The van der Waals surface area contributed by atoms with Crippen LogP contribution in [0.2, 0.25) is 0 Å². The normalized spacial score (nSPS) is 11.1. The molecular weight excluding hydrogens is 344 g/mol. The van der Waals surface area contributed by atoms with Gasteiger partial charge in [-0.2, -0.15) is 0 Å². The summed E-state index contributed by atoms with van der Waals surface area (Å²) in [6.07, 6.45) is 6.14. The van der Waals surface area contributed by atoms with E-state index in [0.717, 1.165) is 11.1 Å². The number of furan rings is 1. The van der Waals surface area contributed by atoms with Crippen molar-refractivity contribution in [1.82, 2.24) is 4.98 Å². The Hall–Kier alpha value is -3.00. The highest BCUT2D eigenvalue weighted by Gasteiger charge is 2.21. The van der Waals surface area contributed by atoms with Gasteiger partial charge in [0.15, 0.2) is 0 Å². The van der Waals surface area contributed by atoms with E-state index in [1.165, 1.54) is 38.8 Å². The fourth-order valence-corrected chi connectivity index (χ4v) is 3.51. The summed E-state index contributed by atoms with van der Waals surface area (Å²) >= 11 is 0. The zero-order chi connectivity index (χ0) is 17.9. The summed E-state index contributed by atoms with van der Waals surface area (Å²) in [4.78, 5) is 4.05. The number of rotatable bonds is 6. The number of pyridine rings is 1. The van der Waals surface area contributed by atoms with Gasteiger partial charge in [-0.25, -0.2) is 8.42 Å². The van der Waals surface area contributed by atoms with Gasteiger partial charge in [0.2, 0.25) is 0 Å². The molecule has 0 atom stereocenters. The molecule has 0 aliphatic rings. The standard InChI is InChI=1S/C17H16N2O5S/c1-22-15-3-4-16(23-2)17(8-15)25(20,21)19-14-7-13(9-18-10-14)12-5-6-24-11-12/h3-11,19H,1-2H3. The van der Waals surface area contributed by atoms with Gasteiger partial charge >= 0.3 is 0 Å². The number of nitrogens with zero attached hydrogens (tertiary/aromatic N) is 1. The lowest BCUT2D eigenvalue weighted by Gasteiger charge is -2.13. The van der Waals surface area contributed by atoms with E-state index in [0.29, 0.717) is 11.4 Å². The molecule has 0 aliphatic heterocycles. The van der Waals surface area contributed by atoms with Crippen LogP contribution in [-0.4, -0.2) is 27.6 Å². The van der Waals surface area contributed by atoms with Crippen molar-refractivity contribution in [2.45, 2.75) is 4.90 Å². The van der Waals surface area contributed by atoms with Gasteiger partial charge in [-0.1, -0.05) is 0 Å². The molecule has 3 aromatic rings. The molecule has 7 nitrogen and oxygen atoms in total. The molecule has 25 heavy (non-hydrogen) atoms. The average Bonchev–Trinajstić information content (AvgIpc) is 3.15. The summed E-state index contributed by atoms with van der Waals surface area (Å²) in [6.45, 7) is 0. The van der Waals surface area contributed by atoms with E-state index in [-0.39, 0.29) is 10.6 Å². The number of benzene rings is 1. The molecule has 130 valence electrons. The summed E-state index contributed by atoms with van der Waals surface area (Å²) in [5, 5.41) is 0. The van der Waals surface area contributed by atoms with Gasteiger partial charge in [0.1, 0.15) is 16.4 Å². The smallest absolute Gasteiger partial charge is 0.265 e. The minimum absolute atomic E-state index is 0.0249. The zero-order valence-electron chi connectivity index (χ0n) is 13.6. The number of hydrogen-bond donors (Lipinski definition) is 1. The molecule has 0 spiro atoms. The van der Waals surface area contributed by atoms with E-state index < -0.39 is 10.0 Å². The minimum Gasteiger partial charge on any atom is -0.497 e. The Morgan fingerprint density at radius 3 is 2.56 bits per heavy atom. The van der Waals surface area contributed by atoms with Crippen molar-refractivity contribution in [3.8, 4) is 22.6 Å². The van der Waals surface area contributed by atoms with Gasteiger partial charge in [0, 0.05) is 23.4 Å². The SMILES string of the molecule is COc1ccc(OC)c(S(=O)(=O)Nc2cncc(-c3ccoc3)c2)c1. The minimum atomic E-state index is -3.89. The predicted molar refractivity (Wildman–Crippen MR) is 92.3 cm³/mol. The Balaban J connectivity index is 1.96. The van der Waals surface area contributed by atoms with Crippen molar-refractivity contribution in [3.05, 3.63) is 55.3 Å². The van der Waals surface area contributed by atoms with Crippen LogP contribution in [-0.2, 0) is 10.0 Å². The van der Waals surface area contributed by atoms with Crippen LogP contribution >= 0.6 is 0 Å². The van der Waals surface area contributed by atoms with Crippen molar-refractivity contribution in [3.63, 3.8) is 0 Å². The van der Waals surface area contributed by atoms with Crippen LogP contribution in [0.4, 0.5) is 5.69 Å². The van der Waals surface area contributed by atoms with Gasteiger partial charge in [-0.05, 0) is 24.3 Å². The van der Waals surface area contributed by atoms with Crippen LogP contribution in [0.25, 0.3) is 11.1 Å². The maximum absolute atomic E-state index is 12.8. The summed E-state index contributed by atoms with van der Waals surface area (Å²) in [5.74, 6) is 0.624. The van der Waals surface area contributed by atoms with E-state index in [1.54, 1.807) is 30.7 Å². The first-order chi connectivity index (χ1) is 12.0. The molecule has 0 radical (unpaired) electrons. The number of methoxy groups -OCH3 is 2. The third-order valence-corrected chi connectivity index (χ3v) is 4.91. The summed E-state index contributed by atoms with van der Waals surface area (Å²) in [7, 11) is -1.03. The van der Waals surface area contributed by atoms with Crippen LogP contribution < -0.4 is 14.2 Å². The van der Waals surface area contributed by atoms with Gasteiger partial charge in [-0.3, -0.25) is 9.71 Å². The summed E-state index contributed by atoms with van der Waals surface area (Å²) in [5.41, 5.74) is 1.85. The molecule has 8 heteroatoms. The fourth-order valence-electron chi connectivity index (χ4n) is 2.29. The van der Waals surface area contributed by atoms with Gasteiger partial charge in [0.25, 0.3) is 10.0 Å². The van der Waals surface area contributed by atoms with Crippen molar-refractivity contribution < 1.29 is 22.3 Å². The molecule has 1 aromatic carbocycles. The van der Waals surface area contributed by atoms with Crippen molar-refractivity contribution in [2.75, 3.05) is 18.9 Å². The van der Waals surface area contributed by atoms with E-state index in [1.807, 2.05) is 0 Å². The number of sulfonamides is 1. The Kier molecular flexibility index (Phi) is 4.62. The molecule has 2 heterocycles. The van der Waals surface area contributed by atoms with E-state index >= 15 is 0 Å². The molecule has 0 amide bonds. The molecule has 1 N–H and O–H groups in total. The summed E-state index contributed by atoms with van der Waals surface area (Å²) < 4.78 is 43.3. The lowest BCUT2D eigenvalue weighted by atomic mass is 10.1. The average molecular weight is 360 g/mol. The fraction of sp³-hybridized carbons (Fsp3) is 0.118. The second-order valence-electron chi connectivity index (χ2n) is 5.10. The molecule has 0 saturated heterocycles. The first-order valence-electron chi connectivity index (χ1n) is 7.26. The van der Waals surface area contributed by atoms with E-state index in [9.17, 15) is 8.42 Å². The number of aromatic nitrogens is 1. The van der Waals surface area contributed by atoms with Crippen molar-refractivity contribution in [1.29, 1.82) is 0 Å². The molecular formula is C17H16N2O5S. The molecule has 0 aliphatic carbocycles. The van der Waals surface area contributed by atoms with Crippen LogP contribution in [0, 0.1) is 0 Å². The Labute approximate surface area is 145 Å². The highest BCUT2D eigenvalue weighted by atomic mass is 32.2. The van der Waals surface area contributed by atoms with Crippen LogP contribution in [0.5, 0.6) is 11.5 Å². The number of ether oxygens (including phenoxy) is 2. The highest BCUT2D eigenvalue weighted by Crippen LogP contribution is 2.30. The van der Waals surface area contributed by atoms with Crippen LogP contribution in [0.1, 0.15) is 0 Å². The zero-order valence-corrected chi connectivity index (χ0v) is 14.4. The number of anilines is 1. The first kappa shape index (κ1) is 16.8. The lowest BCUT2D eigenvalue weighted by Crippen LogP contribution is -2.14. The van der Waals surface area contributed by atoms with Gasteiger partial charge in [0.05, 0.1) is 38.6 Å². The second-order valence-corrected chi connectivity index (χ2v) is 6.75. The maximum atomic E-state index is 12.8. The topological polar surface area (TPSA) is 90.7 Å². The van der Waals surface area contributed by atoms with Gasteiger partial charge < -0.3 is 13.9 Å². The monoisotopic (exact) mass is 360 g/mol. The quantitative estimate of drug-likeness (QED) is 0.726. The third kappa shape index (κ3) is 3.58. The Bertz CT molecular complexity index is 968. The second kappa shape index (κ2) is 6.86. The summed E-state index contributed by atoms with van der Waals surface area (Å²) in [6, 6.07) is 7.99. The molecule has 3 rings (SSSR count). The molecule has 0 saturated carbocycles. The highest BCUT2D eigenvalue weighted by molar-refractivity contribution is 7.92.